The fourth-order valence-electron chi connectivity index (χ4n) is 3.70. The third-order valence-electron chi connectivity index (χ3n) is 5.41. The van der Waals surface area contributed by atoms with Gasteiger partial charge in [0.05, 0.1) is 12.2 Å². The van der Waals surface area contributed by atoms with Gasteiger partial charge in [0.1, 0.15) is 18.3 Å². The molecule has 0 fully saturated rings. The number of hydrogen-bond donors (Lipinski definition) is 2. The van der Waals surface area contributed by atoms with Gasteiger partial charge >= 0.3 is 5.97 Å². The van der Waals surface area contributed by atoms with Crippen LogP contribution in [-0.2, 0) is 20.7 Å². The number of esters is 1. The number of rotatable bonds is 13. The summed E-state index contributed by atoms with van der Waals surface area (Å²) in [6.07, 6.45) is 2.61. The largest absolute Gasteiger partial charge is 0.475 e. The molecular weight excluding hydrogens is 501 g/mol. The second-order valence-electron chi connectivity index (χ2n) is 9.83. The number of nitrogens with zero attached hydrogens (tertiary/aromatic N) is 3. The predicted molar refractivity (Wildman–Crippen MR) is 146 cm³/mol. The van der Waals surface area contributed by atoms with E-state index in [0.29, 0.717) is 37.6 Å². The quantitative estimate of drug-likeness (QED) is 0.219. The van der Waals surface area contributed by atoms with Crippen molar-refractivity contribution in [1.29, 1.82) is 5.26 Å². The molecule has 3 rings (SSSR count). The van der Waals surface area contributed by atoms with Gasteiger partial charge in [-0.25, -0.2) is 14.4 Å². The summed E-state index contributed by atoms with van der Waals surface area (Å²) in [5.74, 6) is -0.515. The summed E-state index contributed by atoms with van der Waals surface area (Å²) in [6.45, 7) is 6.17. The molecule has 2 aromatic heterocycles. The van der Waals surface area contributed by atoms with Crippen LogP contribution >= 0.6 is 0 Å². The monoisotopic (exact) mass is 535 g/mol. The number of ether oxygens (including phenoxy) is 3. The van der Waals surface area contributed by atoms with E-state index < -0.39 is 11.4 Å². The minimum Gasteiger partial charge on any atom is -0.475 e. The topological polar surface area (TPSA) is 118 Å². The molecule has 2 N–H and O–H groups in total. The normalized spacial score (nSPS) is 11.8. The van der Waals surface area contributed by atoms with Crippen LogP contribution in [-0.4, -0.2) is 47.9 Å². The van der Waals surface area contributed by atoms with E-state index in [9.17, 15) is 10.1 Å². The van der Waals surface area contributed by atoms with Gasteiger partial charge in [-0.15, -0.1) is 0 Å². The van der Waals surface area contributed by atoms with Crippen LogP contribution in [0.3, 0.4) is 0 Å². The van der Waals surface area contributed by atoms with Gasteiger partial charge < -0.3 is 24.8 Å². The number of benzene rings is 1. The van der Waals surface area contributed by atoms with Crippen molar-refractivity contribution in [3.63, 3.8) is 0 Å². The van der Waals surface area contributed by atoms with Crippen LogP contribution < -0.4 is 15.4 Å². The number of methoxy groups -OCH3 is 1. The number of halogens is 1. The maximum atomic E-state index is 15.1. The maximum Gasteiger partial charge on any atom is 0.306 e. The van der Waals surface area contributed by atoms with E-state index >= 15 is 4.39 Å². The first-order valence-corrected chi connectivity index (χ1v) is 12.6. The average Bonchev–Trinajstić information content (AvgIpc) is 2.89. The van der Waals surface area contributed by atoms with Gasteiger partial charge in [0, 0.05) is 37.5 Å². The van der Waals surface area contributed by atoms with E-state index in [0.717, 1.165) is 11.6 Å². The summed E-state index contributed by atoms with van der Waals surface area (Å²) in [5, 5.41) is 15.8. The fourth-order valence-corrected chi connectivity index (χ4v) is 3.70. The van der Waals surface area contributed by atoms with Gasteiger partial charge in [-0.3, -0.25) is 4.79 Å². The van der Waals surface area contributed by atoms with E-state index in [-0.39, 0.29) is 35.6 Å². The zero-order valence-corrected chi connectivity index (χ0v) is 22.7. The minimum atomic E-state index is -0.675. The Balaban J connectivity index is 1.82. The molecule has 3 aromatic rings. The highest BCUT2D eigenvalue weighted by molar-refractivity contribution is 5.70. The molecule has 0 unspecified atom stereocenters. The standard InChI is InChI=1S/C29H34FN5O4/c1-29(2,3)39-26(36)11-10-22(16-20-8-6-5-7-9-20)34-28-24(30)17-21(19-31)27(35-28)33-23-12-13-32-25(18-23)38-15-14-37-4/h5-9,12-13,17-18,22H,10-11,14-16H2,1-4H3,(H2,32,33,34,35)/t22-/m0/s1. The molecule has 206 valence electrons. The molecule has 0 aliphatic carbocycles. The van der Waals surface area contributed by atoms with E-state index in [1.165, 1.54) is 0 Å². The number of hydrogen-bond acceptors (Lipinski definition) is 9. The highest BCUT2D eigenvalue weighted by atomic mass is 19.1. The van der Waals surface area contributed by atoms with Crippen LogP contribution in [0.5, 0.6) is 5.88 Å². The Hall–Kier alpha value is -4.23. The first-order valence-electron chi connectivity index (χ1n) is 12.6. The van der Waals surface area contributed by atoms with Crippen molar-refractivity contribution in [2.24, 2.45) is 0 Å². The van der Waals surface area contributed by atoms with Gasteiger partial charge in [-0.2, -0.15) is 5.26 Å². The molecule has 0 radical (unpaired) electrons. The summed E-state index contributed by atoms with van der Waals surface area (Å²) < 4.78 is 31.0. The lowest BCUT2D eigenvalue weighted by molar-refractivity contribution is -0.154. The molecule has 0 saturated heterocycles. The van der Waals surface area contributed by atoms with Crippen LogP contribution in [0.25, 0.3) is 0 Å². The number of anilines is 3. The summed E-state index contributed by atoms with van der Waals surface area (Å²) in [5.41, 5.74) is 1.02. The Morgan fingerprint density at radius 3 is 2.59 bits per heavy atom. The maximum absolute atomic E-state index is 15.1. The fraction of sp³-hybridized carbons (Fsp3) is 0.379. The predicted octanol–water partition coefficient (Wildman–Crippen LogP) is 5.40. The van der Waals surface area contributed by atoms with Gasteiger partial charge in [-0.1, -0.05) is 30.3 Å². The number of nitriles is 1. The molecular formula is C29H34FN5O4. The molecule has 10 heteroatoms. The van der Waals surface area contributed by atoms with E-state index in [1.807, 2.05) is 57.2 Å². The number of carbonyl (C=O) groups excluding carboxylic acids is 1. The second-order valence-corrected chi connectivity index (χ2v) is 9.83. The van der Waals surface area contributed by atoms with Crippen LogP contribution in [0.1, 0.15) is 44.7 Å². The van der Waals surface area contributed by atoms with E-state index in [1.54, 1.807) is 25.4 Å². The van der Waals surface area contributed by atoms with Crippen molar-refractivity contribution in [2.75, 3.05) is 31.0 Å². The van der Waals surface area contributed by atoms with Gasteiger partial charge in [-0.05, 0) is 51.3 Å². The Morgan fingerprint density at radius 2 is 1.90 bits per heavy atom. The van der Waals surface area contributed by atoms with Gasteiger partial charge in [0.25, 0.3) is 0 Å². The van der Waals surface area contributed by atoms with Crippen molar-refractivity contribution in [1.82, 2.24) is 9.97 Å². The summed E-state index contributed by atoms with van der Waals surface area (Å²) in [7, 11) is 1.58. The molecule has 1 atom stereocenters. The van der Waals surface area contributed by atoms with Crippen LogP contribution in [0.4, 0.5) is 21.7 Å². The molecule has 2 heterocycles. The van der Waals surface area contributed by atoms with Crippen LogP contribution in [0.15, 0.2) is 54.7 Å². The lowest BCUT2D eigenvalue weighted by atomic mass is 10.0. The SMILES string of the molecule is COCCOc1cc(Nc2nc(N[C@@H](CCC(=O)OC(C)(C)C)Cc3ccccc3)c(F)cc2C#N)ccn1. The number of pyridine rings is 2. The minimum absolute atomic E-state index is 0.0325. The lowest BCUT2D eigenvalue weighted by Crippen LogP contribution is -2.28. The molecule has 39 heavy (non-hydrogen) atoms. The van der Waals surface area contributed by atoms with E-state index in [4.69, 9.17) is 14.2 Å². The Kier molecular flexibility index (Phi) is 10.6. The van der Waals surface area contributed by atoms with Crippen LogP contribution in [0, 0.1) is 17.1 Å². The number of carbonyl (C=O) groups is 1. The molecule has 0 saturated carbocycles. The van der Waals surface area contributed by atoms with Gasteiger partial charge in [0.15, 0.2) is 17.5 Å². The number of nitrogens with one attached hydrogen (secondary N) is 2. The second kappa shape index (κ2) is 14.1. The Labute approximate surface area is 228 Å². The van der Waals surface area contributed by atoms with Crippen LogP contribution in [0.2, 0.25) is 0 Å². The molecule has 0 aliphatic heterocycles. The highest BCUT2D eigenvalue weighted by Gasteiger charge is 2.21. The summed E-state index contributed by atoms with van der Waals surface area (Å²) in [4.78, 5) is 20.9. The first kappa shape index (κ1) is 29.3. The smallest absolute Gasteiger partial charge is 0.306 e. The molecule has 0 spiro atoms. The average molecular weight is 536 g/mol. The van der Waals surface area contributed by atoms with Crippen molar-refractivity contribution in [3.8, 4) is 11.9 Å². The zero-order chi connectivity index (χ0) is 28.3. The third kappa shape index (κ3) is 9.87. The van der Waals surface area contributed by atoms with E-state index in [2.05, 4.69) is 20.6 Å². The first-order chi connectivity index (χ1) is 18.7. The summed E-state index contributed by atoms with van der Waals surface area (Å²) >= 11 is 0. The molecule has 0 amide bonds. The third-order valence-corrected chi connectivity index (χ3v) is 5.41. The van der Waals surface area contributed by atoms with Crippen molar-refractivity contribution < 1.29 is 23.4 Å². The Morgan fingerprint density at radius 1 is 1.13 bits per heavy atom. The van der Waals surface area contributed by atoms with Gasteiger partial charge in [0.2, 0.25) is 5.88 Å². The summed E-state index contributed by atoms with van der Waals surface area (Å²) in [6, 6.07) is 15.8. The molecule has 0 bridgehead atoms. The molecule has 1 aromatic carbocycles. The molecule has 0 aliphatic rings. The lowest BCUT2D eigenvalue weighted by Gasteiger charge is -2.23. The zero-order valence-electron chi connectivity index (χ0n) is 22.7. The highest BCUT2D eigenvalue weighted by Crippen LogP contribution is 2.26. The molecule has 9 nitrogen and oxygen atoms in total. The van der Waals surface area contributed by atoms with Crippen molar-refractivity contribution >= 4 is 23.3 Å². The Bertz CT molecular complexity index is 1270. The number of aromatic nitrogens is 2. The van der Waals surface area contributed by atoms with Crippen molar-refractivity contribution in [2.45, 2.75) is 51.7 Å². The van der Waals surface area contributed by atoms with Crippen molar-refractivity contribution in [3.05, 3.63) is 71.7 Å².